The lowest BCUT2D eigenvalue weighted by Crippen LogP contribution is -2.28. The SMILES string of the molecule is CC(C)(C)OC(=O)Nc1ccccc1C(=O)C1=CCc2ccccc2N1Cl. The molecule has 0 aromatic heterocycles. The largest absolute Gasteiger partial charge is 0.444 e. The third-order valence-electron chi connectivity index (χ3n) is 3.97. The van der Waals surface area contributed by atoms with Gasteiger partial charge < -0.3 is 4.74 Å². The molecule has 140 valence electrons. The summed E-state index contributed by atoms with van der Waals surface area (Å²) in [5.41, 5.74) is 2.27. The molecule has 1 heterocycles. The number of allylic oxidation sites excluding steroid dienone is 2. The molecule has 1 aliphatic heterocycles. The first-order valence-electron chi connectivity index (χ1n) is 8.64. The Labute approximate surface area is 163 Å². The van der Waals surface area contributed by atoms with E-state index in [0.717, 1.165) is 11.3 Å². The minimum atomic E-state index is -0.633. The van der Waals surface area contributed by atoms with Crippen molar-refractivity contribution in [3.63, 3.8) is 0 Å². The summed E-state index contributed by atoms with van der Waals surface area (Å²) in [5.74, 6) is -0.272. The zero-order valence-corrected chi connectivity index (χ0v) is 16.2. The van der Waals surface area contributed by atoms with Crippen LogP contribution in [-0.2, 0) is 11.2 Å². The number of para-hydroxylation sites is 2. The predicted molar refractivity (Wildman–Crippen MR) is 107 cm³/mol. The highest BCUT2D eigenvalue weighted by molar-refractivity contribution is 6.33. The van der Waals surface area contributed by atoms with Crippen molar-refractivity contribution in [3.8, 4) is 0 Å². The molecule has 1 N–H and O–H groups in total. The van der Waals surface area contributed by atoms with Crippen molar-refractivity contribution < 1.29 is 14.3 Å². The van der Waals surface area contributed by atoms with Gasteiger partial charge in [-0.15, -0.1) is 0 Å². The molecule has 0 saturated heterocycles. The fraction of sp³-hybridized carbons (Fsp3) is 0.238. The molecule has 0 aliphatic carbocycles. The third-order valence-corrected chi connectivity index (χ3v) is 4.33. The van der Waals surface area contributed by atoms with Crippen LogP contribution in [0.1, 0.15) is 36.7 Å². The summed E-state index contributed by atoms with van der Waals surface area (Å²) in [4.78, 5) is 25.2. The number of nitrogens with zero attached hydrogens (tertiary/aromatic N) is 1. The van der Waals surface area contributed by atoms with Crippen LogP contribution in [0.3, 0.4) is 0 Å². The zero-order chi connectivity index (χ0) is 19.6. The van der Waals surface area contributed by atoms with Crippen LogP contribution in [0.25, 0.3) is 0 Å². The molecule has 0 fully saturated rings. The van der Waals surface area contributed by atoms with E-state index in [2.05, 4.69) is 5.32 Å². The Bertz CT molecular complexity index is 916. The van der Waals surface area contributed by atoms with Gasteiger partial charge in [-0.05, 0) is 51.0 Å². The van der Waals surface area contributed by atoms with Gasteiger partial charge in [0, 0.05) is 17.3 Å². The summed E-state index contributed by atoms with van der Waals surface area (Å²) in [6, 6.07) is 14.4. The van der Waals surface area contributed by atoms with Crippen molar-refractivity contribution in [2.45, 2.75) is 32.8 Å². The van der Waals surface area contributed by atoms with E-state index in [0.29, 0.717) is 23.4 Å². The molecular weight excluding hydrogens is 364 g/mol. The Kier molecular flexibility index (Phi) is 5.24. The number of nitrogens with one attached hydrogen (secondary N) is 1. The highest BCUT2D eigenvalue weighted by Gasteiger charge is 2.26. The first-order chi connectivity index (χ1) is 12.8. The van der Waals surface area contributed by atoms with Crippen LogP contribution in [0, 0.1) is 0 Å². The van der Waals surface area contributed by atoms with E-state index >= 15 is 0 Å². The highest BCUT2D eigenvalue weighted by atomic mass is 35.5. The van der Waals surface area contributed by atoms with Crippen molar-refractivity contribution in [3.05, 3.63) is 71.4 Å². The van der Waals surface area contributed by atoms with Crippen molar-refractivity contribution >= 4 is 35.0 Å². The van der Waals surface area contributed by atoms with E-state index < -0.39 is 11.7 Å². The van der Waals surface area contributed by atoms with E-state index in [1.165, 1.54) is 4.42 Å². The summed E-state index contributed by atoms with van der Waals surface area (Å²) in [7, 11) is 0. The number of ketones is 1. The molecule has 0 spiro atoms. The van der Waals surface area contributed by atoms with Gasteiger partial charge in [0.2, 0.25) is 5.78 Å². The van der Waals surface area contributed by atoms with Crippen molar-refractivity contribution in [2.24, 2.45) is 0 Å². The van der Waals surface area contributed by atoms with Gasteiger partial charge in [0.25, 0.3) is 0 Å². The Morgan fingerprint density at radius 3 is 2.48 bits per heavy atom. The number of amides is 1. The van der Waals surface area contributed by atoms with Gasteiger partial charge in [-0.1, -0.05) is 36.4 Å². The fourth-order valence-corrected chi connectivity index (χ4v) is 3.13. The number of hydrogen-bond donors (Lipinski definition) is 1. The van der Waals surface area contributed by atoms with Crippen molar-refractivity contribution in [2.75, 3.05) is 9.74 Å². The molecule has 3 rings (SSSR count). The number of fused-ring (bicyclic) bond motifs is 1. The van der Waals surface area contributed by atoms with Gasteiger partial charge in [0.05, 0.1) is 11.4 Å². The lowest BCUT2D eigenvalue weighted by molar-refractivity contribution is 0.0636. The Hall–Kier alpha value is -2.79. The molecule has 0 unspecified atom stereocenters. The van der Waals surface area contributed by atoms with Crippen molar-refractivity contribution in [1.82, 2.24) is 0 Å². The summed E-state index contributed by atoms with van der Waals surface area (Å²) in [6.45, 7) is 5.33. The Morgan fingerprint density at radius 2 is 1.74 bits per heavy atom. The van der Waals surface area contributed by atoms with Gasteiger partial charge in [0.15, 0.2) is 0 Å². The first kappa shape index (κ1) is 19.0. The van der Waals surface area contributed by atoms with Gasteiger partial charge >= 0.3 is 6.09 Å². The second-order valence-electron chi connectivity index (χ2n) is 7.20. The van der Waals surface area contributed by atoms with Gasteiger partial charge in [-0.25, -0.2) is 9.21 Å². The predicted octanol–water partition coefficient (Wildman–Crippen LogP) is 5.32. The van der Waals surface area contributed by atoms with Crippen LogP contribution in [0.15, 0.2) is 60.3 Å². The van der Waals surface area contributed by atoms with Crippen LogP contribution in [-0.4, -0.2) is 17.5 Å². The van der Waals surface area contributed by atoms with Crippen LogP contribution in [0.5, 0.6) is 0 Å². The number of rotatable bonds is 3. The Morgan fingerprint density at radius 1 is 1.07 bits per heavy atom. The number of benzene rings is 2. The number of Topliss-reactive ketones (excluding diaryl/α,β-unsaturated/α-hetero) is 1. The van der Waals surface area contributed by atoms with E-state index in [4.69, 9.17) is 16.5 Å². The van der Waals surface area contributed by atoms with Gasteiger partial charge in [0.1, 0.15) is 11.3 Å². The van der Waals surface area contributed by atoms with Gasteiger partial charge in [-0.2, -0.15) is 0 Å². The number of carbonyl (C=O) groups is 2. The van der Waals surface area contributed by atoms with Crippen LogP contribution < -0.4 is 9.74 Å². The van der Waals surface area contributed by atoms with E-state index in [9.17, 15) is 9.59 Å². The highest BCUT2D eigenvalue weighted by Crippen LogP contribution is 2.33. The average Bonchev–Trinajstić information content (AvgIpc) is 2.60. The number of carbonyl (C=O) groups excluding carboxylic acids is 2. The topological polar surface area (TPSA) is 58.6 Å². The second-order valence-corrected chi connectivity index (χ2v) is 7.54. The monoisotopic (exact) mass is 384 g/mol. The minimum Gasteiger partial charge on any atom is -0.444 e. The third kappa shape index (κ3) is 4.31. The second kappa shape index (κ2) is 7.45. The number of hydrogen-bond acceptors (Lipinski definition) is 4. The molecular formula is C21H21ClN2O3. The minimum absolute atomic E-state index is 0.272. The summed E-state index contributed by atoms with van der Waals surface area (Å²) in [6.07, 6.45) is 1.79. The molecule has 2 aromatic carbocycles. The molecule has 6 heteroatoms. The standard InChI is InChI=1S/C21H21ClN2O3/c1-21(2,3)27-20(26)23-16-10-6-5-9-15(16)19(25)18-13-12-14-8-4-7-11-17(14)24(18)22/h4-11,13H,12H2,1-3H3,(H,23,26). The fourth-order valence-electron chi connectivity index (χ4n) is 2.82. The van der Waals surface area contributed by atoms with Crippen LogP contribution in [0.2, 0.25) is 0 Å². The molecule has 0 saturated carbocycles. The van der Waals surface area contributed by atoms with Crippen molar-refractivity contribution in [1.29, 1.82) is 0 Å². The average molecular weight is 385 g/mol. The molecule has 0 radical (unpaired) electrons. The van der Waals surface area contributed by atoms with E-state index in [1.807, 2.05) is 24.3 Å². The summed E-state index contributed by atoms with van der Waals surface area (Å²) < 4.78 is 6.64. The lowest BCUT2D eigenvalue weighted by atomic mass is 9.99. The quantitative estimate of drug-likeness (QED) is 0.575. The maximum atomic E-state index is 13.1. The summed E-state index contributed by atoms with van der Waals surface area (Å²) in [5, 5.41) is 2.65. The zero-order valence-electron chi connectivity index (χ0n) is 15.5. The normalized spacial score (nSPS) is 13.5. The lowest BCUT2D eigenvalue weighted by Gasteiger charge is -2.26. The maximum absolute atomic E-state index is 13.1. The van der Waals surface area contributed by atoms with Crippen LogP contribution >= 0.6 is 11.8 Å². The molecule has 0 atom stereocenters. The molecule has 1 aliphatic rings. The number of anilines is 2. The first-order valence-corrected chi connectivity index (χ1v) is 8.98. The molecule has 1 amide bonds. The molecule has 27 heavy (non-hydrogen) atoms. The van der Waals surface area contributed by atoms with E-state index in [-0.39, 0.29) is 5.78 Å². The van der Waals surface area contributed by atoms with Crippen LogP contribution in [0.4, 0.5) is 16.2 Å². The molecule has 5 nitrogen and oxygen atoms in total. The number of ether oxygens (including phenoxy) is 1. The smallest absolute Gasteiger partial charge is 0.412 e. The summed E-state index contributed by atoms with van der Waals surface area (Å²) >= 11 is 6.44. The van der Waals surface area contributed by atoms with E-state index in [1.54, 1.807) is 51.1 Å². The molecule has 0 bridgehead atoms. The number of halogens is 1. The molecule has 2 aromatic rings. The van der Waals surface area contributed by atoms with Gasteiger partial charge in [-0.3, -0.25) is 10.1 Å². The Balaban J connectivity index is 1.86. The maximum Gasteiger partial charge on any atom is 0.412 e.